The number of hydrogen-bond acceptors (Lipinski definition) is 5. The van der Waals surface area contributed by atoms with Gasteiger partial charge in [0.2, 0.25) is 6.10 Å². The van der Waals surface area contributed by atoms with Crippen LogP contribution in [-0.2, 0) is 16.1 Å². The monoisotopic (exact) mass is 354 g/mol. The quantitative estimate of drug-likeness (QED) is 0.560. The number of para-hydroxylation sites is 4. The lowest BCUT2D eigenvalue weighted by atomic mass is 10.2. The minimum atomic E-state index is -0.777. The van der Waals surface area contributed by atoms with Gasteiger partial charge in [-0.3, -0.25) is 4.57 Å². The van der Waals surface area contributed by atoms with Gasteiger partial charge in [-0.15, -0.1) is 0 Å². The fourth-order valence-electron chi connectivity index (χ4n) is 2.95. The molecule has 0 aliphatic carbocycles. The number of nitrogens with one attached hydrogen (secondary N) is 1. The second-order valence-corrected chi connectivity index (χ2v) is 5.98. The van der Waals surface area contributed by atoms with Gasteiger partial charge in [0.25, 0.3) is 0 Å². The summed E-state index contributed by atoms with van der Waals surface area (Å²) in [4.78, 5) is 26.9. The van der Waals surface area contributed by atoms with Crippen molar-refractivity contribution in [2.45, 2.75) is 19.1 Å². The van der Waals surface area contributed by atoms with Crippen LogP contribution >= 0.6 is 0 Å². The van der Waals surface area contributed by atoms with Crippen LogP contribution in [-0.4, -0.2) is 34.8 Å². The van der Waals surface area contributed by atoms with Gasteiger partial charge in [-0.05, 0) is 30.7 Å². The van der Waals surface area contributed by atoms with E-state index >= 15 is 0 Å². The smallest absolute Gasteiger partial charge is 0.350 e. The first kappa shape index (κ1) is 16.3. The molecule has 1 N–H and O–H groups in total. The number of ether oxygens (including phenoxy) is 3. The fourth-order valence-corrected chi connectivity index (χ4v) is 2.95. The maximum atomic E-state index is 12.1. The van der Waals surface area contributed by atoms with Crippen molar-refractivity contribution >= 4 is 17.0 Å². The number of fused-ring (bicyclic) bond motifs is 2. The van der Waals surface area contributed by atoms with Gasteiger partial charge in [0.05, 0.1) is 17.6 Å². The van der Waals surface area contributed by atoms with E-state index < -0.39 is 12.1 Å². The summed E-state index contributed by atoms with van der Waals surface area (Å²) in [5.74, 6) is 0.687. The number of nitrogens with zero attached hydrogens (tertiary/aromatic N) is 1. The predicted molar refractivity (Wildman–Crippen MR) is 94.5 cm³/mol. The van der Waals surface area contributed by atoms with Gasteiger partial charge in [0.15, 0.2) is 11.5 Å². The van der Waals surface area contributed by atoms with E-state index in [9.17, 15) is 9.59 Å². The molecule has 26 heavy (non-hydrogen) atoms. The predicted octanol–water partition coefficient (Wildman–Crippen LogP) is 2.10. The molecule has 1 aliphatic rings. The summed E-state index contributed by atoms with van der Waals surface area (Å²) in [6, 6.07) is 14.7. The summed E-state index contributed by atoms with van der Waals surface area (Å²) < 4.78 is 18.0. The fraction of sp³-hybridized carbons (Fsp3) is 0.263. The van der Waals surface area contributed by atoms with Gasteiger partial charge in [-0.1, -0.05) is 24.3 Å². The number of aryl methyl sites for hydroxylation is 1. The Morgan fingerprint density at radius 3 is 2.81 bits per heavy atom. The molecule has 7 nitrogen and oxygen atoms in total. The number of carbonyl (C=O) groups excluding carboxylic acids is 1. The van der Waals surface area contributed by atoms with Crippen LogP contribution in [0.4, 0.5) is 0 Å². The Kier molecular flexibility index (Phi) is 4.35. The first-order valence-corrected chi connectivity index (χ1v) is 8.45. The van der Waals surface area contributed by atoms with Crippen LogP contribution in [0.1, 0.15) is 6.42 Å². The molecule has 1 unspecified atom stereocenters. The molecule has 3 aromatic rings. The number of esters is 1. The summed E-state index contributed by atoms with van der Waals surface area (Å²) >= 11 is 0. The Balaban J connectivity index is 1.30. The minimum Gasteiger partial charge on any atom is -0.485 e. The highest BCUT2D eigenvalue weighted by molar-refractivity contribution is 5.76. The average molecular weight is 354 g/mol. The Morgan fingerprint density at radius 1 is 1.15 bits per heavy atom. The van der Waals surface area contributed by atoms with E-state index in [1.807, 2.05) is 36.4 Å². The topological polar surface area (TPSA) is 82.6 Å². The maximum absolute atomic E-state index is 12.1. The van der Waals surface area contributed by atoms with E-state index in [0.29, 0.717) is 24.5 Å². The van der Waals surface area contributed by atoms with Crippen molar-refractivity contribution in [2.24, 2.45) is 0 Å². The van der Waals surface area contributed by atoms with Crippen molar-refractivity contribution in [3.63, 3.8) is 0 Å². The third-order valence-corrected chi connectivity index (χ3v) is 4.22. The highest BCUT2D eigenvalue weighted by atomic mass is 16.6. The van der Waals surface area contributed by atoms with Crippen molar-refractivity contribution in [2.75, 3.05) is 13.2 Å². The molecule has 1 atom stereocenters. The van der Waals surface area contributed by atoms with Crippen LogP contribution in [0.25, 0.3) is 11.0 Å². The van der Waals surface area contributed by atoms with Crippen molar-refractivity contribution in [1.82, 2.24) is 9.55 Å². The molecule has 0 radical (unpaired) electrons. The summed E-state index contributed by atoms with van der Waals surface area (Å²) in [6.07, 6.45) is -0.252. The van der Waals surface area contributed by atoms with Gasteiger partial charge in [0, 0.05) is 6.54 Å². The van der Waals surface area contributed by atoms with Crippen LogP contribution in [0.2, 0.25) is 0 Å². The lowest BCUT2D eigenvalue weighted by Gasteiger charge is -2.24. The zero-order valence-corrected chi connectivity index (χ0v) is 14.0. The van der Waals surface area contributed by atoms with Crippen LogP contribution in [0.3, 0.4) is 0 Å². The third-order valence-electron chi connectivity index (χ3n) is 4.22. The highest BCUT2D eigenvalue weighted by Crippen LogP contribution is 2.31. The SMILES string of the molecule is O=C(OCCCn1c(=O)[nH]c2ccccc21)C1COc2ccccc2O1. The maximum Gasteiger partial charge on any atom is 0.350 e. The molecule has 0 bridgehead atoms. The molecule has 4 rings (SSSR count). The third kappa shape index (κ3) is 3.15. The summed E-state index contributed by atoms with van der Waals surface area (Å²) in [5, 5.41) is 0. The largest absolute Gasteiger partial charge is 0.485 e. The number of H-pyrrole nitrogens is 1. The first-order chi connectivity index (χ1) is 12.7. The van der Waals surface area contributed by atoms with Crippen LogP contribution in [0.15, 0.2) is 53.3 Å². The molecule has 7 heteroatoms. The van der Waals surface area contributed by atoms with Gasteiger partial charge < -0.3 is 19.2 Å². The van der Waals surface area contributed by atoms with E-state index in [1.54, 1.807) is 16.7 Å². The Morgan fingerprint density at radius 2 is 1.92 bits per heavy atom. The average Bonchev–Trinajstić information content (AvgIpc) is 3.00. The molecule has 0 saturated carbocycles. The van der Waals surface area contributed by atoms with Crippen molar-refractivity contribution < 1.29 is 19.0 Å². The molecule has 0 spiro atoms. The van der Waals surface area contributed by atoms with Crippen LogP contribution in [0.5, 0.6) is 11.5 Å². The van der Waals surface area contributed by atoms with E-state index in [0.717, 1.165) is 11.0 Å². The molecule has 0 saturated heterocycles. The first-order valence-electron chi connectivity index (χ1n) is 8.45. The summed E-state index contributed by atoms with van der Waals surface area (Å²) in [5.41, 5.74) is 1.46. The van der Waals surface area contributed by atoms with E-state index in [1.165, 1.54) is 0 Å². The molecule has 134 valence electrons. The zero-order chi connectivity index (χ0) is 17.9. The number of aromatic nitrogens is 2. The summed E-state index contributed by atoms with van der Waals surface area (Å²) in [7, 11) is 0. The number of benzene rings is 2. The zero-order valence-electron chi connectivity index (χ0n) is 14.0. The second-order valence-electron chi connectivity index (χ2n) is 5.98. The van der Waals surface area contributed by atoms with Gasteiger partial charge >= 0.3 is 11.7 Å². The number of carbonyl (C=O) groups is 1. The molecule has 0 amide bonds. The Hall–Kier alpha value is -3.22. The molecule has 2 aromatic carbocycles. The van der Waals surface area contributed by atoms with E-state index in [2.05, 4.69) is 4.98 Å². The van der Waals surface area contributed by atoms with Crippen LogP contribution < -0.4 is 15.2 Å². The van der Waals surface area contributed by atoms with Gasteiger partial charge in [0.1, 0.15) is 6.61 Å². The molecule has 1 aliphatic heterocycles. The molecular weight excluding hydrogens is 336 g/mol. The molecular formula is C19H18N2O5. The number of rotatable bonds is 5. The number of aromatic amines is 1. The second kappa shape index (κ2) is 6.95. The molecule has 0 fully saturated rings. The van der Waals surface area contributed by atoms with Gasteiger partial charge in [-0.2, -0.15) is 0 Å². The lowest BCUT2D eigenvalue weighted by molar-refractivity contribution is -0.154. The Bertz CT molecular complexity index is 991. The lowest BCUT2D eigenvalue weighted by Crippen LogP contribution is -2.38. The number of hydrogen-bond donors (Lipinski definition) is 1. The summed E-state index contributed by atoms with van der Waals surface area (Å²) in [6.45, 7) is 0.783. The van der Waals surface area contributed by atoms with Crippen molar-refractivity contribution in [3.8, 4) is 11.5 Å². The van der Waals surface area contributed by atoms with Gasteiger partial charge in [-0.25, -0.2) is 9.59 Å². The minimum absolute atomic E-state index is 0.123. The molecule has 1 aromatic heterocycles. The van der Waals surface area contributed by atoms with Crippen molar-refractivity contribution in [1.29, 1.82) is 0 Å². The number of imidazole rings is 1. The van der Waals surface area contributed by atoms with E-state index in [4.69, 9.17) is 14.2 Å². The molecule has 2 heterocycles. The Labute approximate surface area is 149 Å². The normalized spacial score (nSPS) is 15.8. The van der Waals surface area contributed by atoms with E-state index in [-0.39, 0.29) is 18.9 Å². The highest BCUT2D eigenvalue weighted by Gasteiger charge is 2.28. The van der Waals surface area contributed by atoms with Crippen molar-refractivity contribution in [3.05, 3.63) is 59.0 Å². The standard InChI is InChI=1S/C19H18N2O5/c22-18(17-12-25-15-8-3-4-9-16(15)26-17)24-11-5-10-21-14-7-2-1-6-13(14)20-19(21)23/h1-4,6-9,17H,5,10-12H2,(H,20,23). The van der Waals surface area contributed by atoms with Crippen LogP contribution in [0, 0.1) is 0 Å².